The number of rotatable bonds is 80. The molecule has 0 aromatic rings. The molecule has 0 aliphatic rings. The van der Waals surface area contributed by atoms with E-state index in [2.05, 4.69) is 48.5 Å². The zero-order valence-electron chi connectivity index (χ0n) is 66.4. The maximum atomic E-state index is 13.1. The molecule has 0 saturated carbocycles. The Morgan fingerprint density at radius 1 is 0.267 bits per heavy atom. The van der Waals surface area contributed by atoms with E-state index in [0.717, 1.165) is 108 Å². The first-order valence-electron chi connectivity index (χ1n) is 42.3. The van der Waals surface area contributed by atoms with Gasteiger partial charge in [0.15, 0.2) is 12.2 Å². The molecule has 0 heterocycles. The lowest BCUT2D eigenvalue weighted by Crippen LogP contribution is -2.30. The minimum absolute atomic E-state index is 0.106. The summed E-state index contributed by atoms with van der Waals surface area (Å²) < 4.78 is 68.8. The van der Waals surface area contributed by atoms with E-state index >= 15 is 0 Å². The summed E-state index contributed by atoms with van der Waals surface area (Å²) in [6, 6.07) is 0. The van der Waals surface area contributed by atoms with E-state index in [-0.39, 0.29) is 25.7 Å². The van der Waals surface area contributed by atoms with Crippen LogP contribution in [0.3, 0.4) is 0 Å². The lowest BCUT2D eigenvalue weighted by atomic mass is 10.0. The molecule has 0 fully saturated rings. The van der Waals surface area contributed by atoms with Crippen LogP contribution in [-0.4, -0.2) is 96.7 Å². The SMILES string of the molecule is CCCCCCCCCCCCCCCCCCCCC(=O)OC[C@H](COP(=O)(O)OC[C@@H](O)COP(=O)(O)OC[C@@H](COC(=O)CCCCCCCCCCCC(C)C)OC(=O)CCCCCCCCCCCCC(C)C)OC(=O)CCCCCCCCCCCCCCCCCC(C)C. The van der Waals surface area contributed by atoms with Gasteiger partial charge in [0, 0.05) is 25.7 Å². The number of phosphoric acid groups is 2. The molecular weight excluding hydrogens is 1320 g/mol. The maximum Gasteiger partial charge on any atom is 0.472 e. The fourth-order valence-corrected chi connectivity index (χ4v) is 14.2. The monoisotopic (exact) mass is 1480 g/mol. The highest BCUT2D eigenvalue weighted by atomic mass is 31.2. The molecule has 0 amide bonds. The molecule has 0 saturated heterocycles. The van der Waals surface area contributed by atoms with Crippen molar-refractivity contribution in [1.29, 1.82) is 0 Å². The number of carbonyl (C=O) groups is 4. The molecule has 0 aliphatic heterocycles. The van der Waals surface area contributed by atoms with Gasteiger partial charge in [0.25, 0.3) is 0 Å². The number of aliphatic hydroxyl groups is 1. The number of phosphoric ester groups is 2. The topological polar surface area (TPSA) is 237 Å². The van der Waals surface area contributed by atoms with Crippen molar-refractivity contribution in [3.05, 3.63) is 0 Å². The highest BCUT2D eigenvalue weighted by molar-refractivity contribution is 7.47. The van der Waals surface area contributed by atoms with E-state index in [1.54, 1.807) is 0 Å². The van der Waals surface area contributed by atoms with Gasteiger partial charge in [-0.3, -0.25) is 37.3 Å². The van der Waals surface area contributed by atoms with E-state index in [1.807, 2.05) is 0 Å². The minimum Gasteiger partial charge on any atom is -0.462 e. The number of esters is 4. The predicted octanol–water partition coefficient (Wildman–Crippen LogP) is 24.5. The highest BCUT2D eigenvalue weighted by Crippen LogP contribution is 2.45. The molecule has 0 spiro atoms. The summed E-state index contributed by atoms with van der Waals surface area (Å²) in [5, 5.41) is 10.7. The lowest BCUT2D eigenvalue weighted by molar-refractivity contribution is -0.161. The Kier molecular flexibility index (Phi) is 70.9. The summed E-state index contributed by atoms with van der Waals surface area (Å²) in [5.41, 5.74) is 0. The Morgan fingerprint density at radius 3 is 0.673 bits per heavy atom. The normalized spacial score (nSPS) is 14.0. The molecule has 0 aliphatic carbocycles. The van der Waals surface area contributed by atoms with Crippen molar-refractivity contribution in [3.8, 4) is 0 Å². The van der Waals surface area contributed by atoms with Gasteiger partial charge in [-0.15, -0.1) is 0 Å². The van der Waals surface area contributed by atoms with Gasteiger partial charge in [0.1, 0.15) is 19.3 Å². The first kappa shape index (κ1) is 99.1. The second-order valence-corrected chi connectivity index (χ2v) is 33.8. The summed E-state index contributed by atoms with van der Waals surface area (Å²) >= 11 is 0. The van der Waals surface area contributed by atoms with E-state index in [1.165, 1.54) is 238 Å². The maximum absolute atomic E-state index is 13.1. The van der Waals surface area contributed by atoms with E-state index in [9.17, 15) is 43.2 Å². The Morgan fingerprint density at radius 2 is 0.455 bits per heavy atom. The first-order chi connectivity index (χ1) is 48.7. The third-order valence-electron chi connectivity index (χ3n) is 19.1. The summed E-state index contributed by atoms with van der Waals surface area (Å²) in [6.07, 6.45) is 61.1. The van der Waals surface area contributed by atoms with Crippen molar-refractivity contribution < 1.29 is 80.2 Å². The van der Waals surface area contributed by atoms with Crippen LogP contribution in [0.25, 0.3) is 0 Å². The van der Waals surface area contributed by atoms with Crippen LogP contribution < -0.4 is 0 Å². The number of hydrogen-bond donors (Lipinski definition) is 3. The molecule has 5 atom stereocenters. The molecule has 600 valence electrons. The van der Waals surface area contributed by atoms with Crippen LogP contribution in [0, 0.1) is 17.8 Å². The van der Waals surface area contributed by atoms with Crippen LogP contribution in [0.1, 0.15) is 427 Å². The molecule has 101 heavy (non-hydrogen) atoms. The number of carbonyl (C=O) groups excluding carboxylic acids is 4. The average Bonchev–Trinajstić information content (AvgIpc) is 0.939. The van der Waals surface area contributed by atoms with Gasteiger partial charge in [-0.2, -0.15) is 0 Å². The smallest absolute Gasteiger partial charge is 0.462 e. The van der Waals surface area contributed by atoms with E-state index < -0.39 is 97.5 Å². The van der Waals surface area contributed by atoms with Gasteiger partial charge in [0.05, 0.1) is 26.4 Å². The standard InChI is InChI=1S/C82H160O17P2/c1-8-9-10-11-12-13-14-15-16-17-18-21-24-27-35-42-49-56-63-79(84)92-69-77(98-81(86)65-58-51-44-36-28-25-22-19-20-23-26-32-39-46-53-60-73(2)3)71-96-100(88,89)94-67-76(83)68-95-101(90,91)97-72-78(70-93-80(85)64-57-50-43-38-31-34-41-48-55-62-75(6)7)99-82(87)66-59-52-45-37-30-29-33-40-47-54-61-74(4)5/h73-78,83H,8-72H2,1-7H3,(H,88,89)(H,90,91)/t76-,77-,78-/m1/s1. The molecule has 0 aromatic carbocycles. The average molecular weight is 1480 g/mol. The van der Waals surface area contributed by atoms with Crippen LogP contribution >= 0.6 is 15.6 Å². The van der Waals surface area contributed by atoms with E-state index in [4.69, 9.17) is 37.0 Å². The van der Waals surface area contributed by atoms with Crippen molar-refractivity contribution in [2.45, 2.75) is 446 Å². The molecule has 3 N–H and O–H groups in total. The van der Waals surface area contributed by atoms with Gasteiger partial charge >= 0.3 is 39.5 Å². The zero-order valence-corrected chi connectivity index (χ0v) is 68.2. The number of ether oxygens (including phenoxy) is 4. The molecule has 0 aromatic heterocycles. The molecule has 19 heteroatoms. The van der Waals surface area contributed by atoms with Crippen LogP contribution in [0.5, 0.6) is 0 Å². The molecular formula is C82H160O17P2. The second-order valence-electron chi connectivity index (χ2n) is 30.9. The summed E-state index contributed by atoms with van der Waals surface area (Å²) in [5.74, 6) is 0.189. The van der Waals surface area contributed by atoms with Crippen LogP contribution in [0.2, 0.25) is 0 Å². The number of unbranched alkanes of at least 4 members (excludes halogenated alkanes) is 48. The van der Waals surface area contributed by atoms with Crippen LogP contribution in [0.15, 0.2) is 0 Å². The third kappa shape index (κ3) is 76.1. The fourth-order valence-electron chi connectivity index (χ4n) is 12.7. The number of aliphatic hydroxyl groups excluding tert-OH is 1. The quantitative estimate of drug-likeness (QED) is 0.0222. The van der Waals surface area contributed by atoms with Crippen molar-refractivity contribution in [2.75, 3.05) is 39.6 Å². The zero-order chi connectivity index (χ0) is 74.4. The Bertz CT molecular complexity index is 1960. The highest BCUT2D eigenvalue weighted by Gasteiger charge is 2.30. The Labute approximate surface area is 619 Å². The summed E-state index contributed by atoms with van der Waals surface area (Å²) in [4.78, 5) is 73.1. The Balaban J connectivity index is 5.25. The van der Waals surface area contributed by atoms with Gasteiger partial charge in [-0.1, -0.05) is 376 Å². The summed E-state index contributed by atoms with van der Waals surface area (Å²) in [6.45, 7) is 11.9. The summed E-state index contributed by atoms with van der Waals surface area (Å²) in [7, 11) is -9.92. The van der Waals surface area contributed by atoms with Crippen molar-refractivity contribution in [3.63, 3.8) is 0 Å². The van der Waals surface area contributed by atoms with Gasteiger partial charge < -0.3 is 33.8 Å². The molecule has 2 unspecified atom stereocenters. The minimum atomic E-state index is -4.96. The molecule has 0 rings (SSSR count). The van der Waals surface area contributed by atoms with Crippen LogP contribution in [0.4, 0.5) is 0 Å². The second kappa shape index (κ2) is 72.3. The van der Waals surface area contributed by atoms with Crippen molar-refractivity contribution in [1.82, 2.24) is 0 Å². The third-order valence-corrected chi connectivity index (χ3v) is 21.0. The largest absolute Gasteiger partial charge is 0.472 e. The van der Waals surface area contributed by atoms with Gasteiger partial charge in [-0.05, 0) is 43.4 Å². The lowest BCUT2D eigenvalue weighted by Gasteiger charge is -2.21. The van der Waals surface area contributed by atoms with E-state index in [0.29, 0.717) is 25.7 Å². The van der Waals surface area contributed by atoms with Crippen molar-refractivity contribution >= 4 is 39.5 Å². The van der Waals surface area contributed by atoms with Crippen molar-refractivity contribution in [2.24, 2.45) is 17.8 Å². The van der Waals surface area contributed by atoms with Crippen LogP contribution in [-0.2, 0) is 65.4 Å². The number of hydrogen-bond acceptors (Lipinski definition) is 15. The van der Waals surface area contributed by atoms with Gasteiger partial charge in [-0.25, -0.2) is 9.13 Å². The molecule has 0 bridgehead atoms. The Hall–Kier alpha value is -1.94. The van der Waals surface area contributed by atoms with Gasteiger partial charge in [0.2, 0.25) is 0 Å². The predicted molar refractivity (Wildman–Crippen MR) is 414 cm³/mol. The molecule has 0 radical (unpaired) electrons. The fraction of sp³-hybridized carbons (Fsp3) is 0.951. The molecule has 17 nitrogen and oxygen atoms in total. The first-order valence-corrected chi connectivity index (χ1v) is 45.3.